The molecular weight excluding hydrogens is 428 g/mol. The molecule has 0 spiro atoms. The van der Waals surface area contributed by atoms with Crippen molar-refractivity contribution in [2.45, 2.75) is 6.54 Å². The number of nitrogens with one attached hydrogen (secondary N) is 1. The Morgan fingerprint density at radius 1 is 1.00 bits per heavy atom. The van der Waals surface area contributed by atoms with Gasteiger partial charge in [0.25, 0.3) is 11.7 Å². The van der Waals surface area contributed by atoms with Gasteiger partial charge in [-0.3, -0.25) is 9.59 Å². The molecule has 0 radical (unpaired) electrons. The quantitative estimate of drug-likeness (QED) is 0.335. The van der Waals surface area contributed by atoms with Crippen LogP contribution in [0.25, 0.3) is 11.0 Å². The summed E-state index contributed by atoms with van der Waals surface area (Å²) in [5, 5.41) is 3.47. The number of nitrogens with zero attached hydrogens (tertiary/aromatic N) is 2. The fraction of sp³-hybridized carbons (Fsp3) is 0.0455. The largest absolute Gasteiger partial charge is 0.327 e. The molecule has 30 heavy (non-hydrogen) atoms. The first-order valence-electron chi connectivity index (χ1n) is 8.92. The summed E-state index contributed by atoms with van der Waals surface area (Å²) in [7, 11) is 0. The molecule has 0 atom stereocenters. The molecule has 2 aromatic carbocycles. The molecule has 2 aromatic heterocycles. The first kappa shape index (κ1) is 20.1. The number of carbonyl (C=O) groups is 2. The molecule has 0 bridgehead atoms. The topological polar surface area (TPSA) is 64.0 Å². The van der Waals surface area contributed by atoms with E-state index in [1.54, 1.807) is 59.4 Å². The Morgan fingerprint density at radius 3 is 2.40 bits per heavy atom. The van der Waals surface area contributed by atoms with Crippen LogP contribution in [0.4, 0.5) is 10.1 Å². The van der Waals surface area contributed by atoms with Crippen LogP contribution in [-0.2, 0) is 11.3 Å². The number of para-hydroxylation sites is 1. The Morgan fingerprint density at radius 2 is 1.70 bits per heavy atom. The van der Waals surface area contributed by atoms with E-state index in [-0.39, 0.29) is 27.1 Å². The summed E-state index contributed by atoms with van der Waals surface area (Å²) < 4.78 is 14.9. The van der Waals surface area contributed by atoms with Crippen molar-refractivity contribution in [1.82, 2.24) is 9.55 Å². The van der Waals surface area contributed by atoms with E-state index >= 15 is 0 Å². The zero-order valence-electron chi connectivity index (χ0n) is 15.4. The minimum absolute atomic E-state index is 0.173. The van der Waals surface area contributed by atoms with Gasteiger partial charge >= 0.3 is 0 Å². The summed E-state index contributed by atoms with van der Waals surface area (Å²) in [6.07, 6.45) is 3.17. The Balaban J connectivity index is 1.67. The molecule has 5 nitrogen and oxygen atoms in total. The monoisotopic (exact) mass is 441 g/mol. The van der Waals surface area contributed by atoms with Crippen LogP contribution in [0.5, 0.6) is 0 Å². The van der Waals surface area contributed by atoms with Crippen LogP contribution in [0.2, 0.25) is 10.0 Å². The van der Waals surface area contributed by atoms with Gasteiger partial charge in [-0.05, 0) is 42.0 Å². The van der Waals surface area contributed by atoms with Gasteiger partial charge in [0.1, 0.15) is 11.5 Å². The van der Waals surface area contributed by atoms with Crippen LogP contribution < -0.4 is 5.32 Å². The molecule has 0 aliphatic heterocycles. The number of pyridine rings is 1. The second kappa shape index (κ2) is 8.26. The number of amides is 1. The molecule has 0 saturated carbocycles. The van der Waals surface area contributed by atoms with Crippen molar-refractivity contribution < 1.29 is 14.0 Å². The third kappa shape index (κ3) is 3.92. The smallest absolute Gasteiger partial charge is 0.296 e. The van der Waals surface area contributed by atoms with Crippen molar-refractivity contribution in [3.63, 3.8) is 0 Å². The SMILES string of the molecule is O=C(Nc1c(Cl)cccc1Cl)C(=O)c1cn(Cc2ccc(F)cc2)c2ncccc12. The molecule has 0 fully saturated rings. The van der Waals surface area contributed by atoms with E-state index in [0.717, 1.165) is 5.56 Å². The highest BCUT2D eigenvalue weighted by atomic mass is 35.5. The first-order chi connectivity index (χ1) is 14.4. The third-order valence-corrected chi connectivity index (χ3v) is 5.18. The van der Waals surface area contributed by atoms with Crippen molar-refractivity contribution in [3.05, 3.63) is 94.0 Å². The van der Waals surface area contributed by atoms with E-state index in [9.17, 15) is 14.0 Å². The second-order valence-corrected chi connectivity index (χ2v) is 7.37. The van der Waals surface area contributed by atoms with Gasteiger partial charge < -0.3 is 9.88 Å². The molecule has 2 heterocycles. The summed E-state index contributed by atoms with van der Waals surface area (Å²) >= 11 is 12.1. The van der Waals surface area contributed by atoms with Gasteiger partial charge in [-0.1, -0.05) is 41.4 Å². The maximum Gasteiger partial charge on any atom is 0.296 e. The number of Topliss-reactive ketones (excluding diaryl/α,β-unsaturated/α-hetero) is 1. The molecule has 0 aliphatic rings. The van der Waals surface area contributed by atoms with Crippen molar-refractivity contribution in [1.29, 1.82) is 0 Å². The zero-order chi connectivity index (χ0) is 21.3. The van der Waals surface area contributed by atoms with E-state index in [1.807, 2.05) is 0 Å². The lowest BCUT2D eigenvalue weighted by Gasteiger charge is -2.08. The van der Waals surface area contributed by atoms with Crippen molar-refractivity contribution >= 4 is 51.6 Å². The van der Waals surface area contributed by atoms with Gasteiger partial charge in [-0.25, -0.2) is 9.37 Å². The highest BCUT2D eigenvalue weighted by Gasteiger charge is 2.23. The van der Waals surface area contributed by atoms with E-state index < -0.39 is 11.7 Å². The Kier molecular flexibility index (Phi) is 5.53. The predicted molar refractivity (Wildman–Crippen MR) is 115 cm³/mol. The molecule has 8 heteroatoms. The van der Waals surface area contributed by atoms with Crippen LogP contribution in [-0.4, -0.2) is 21.2 Å². The second-order valence-electron chi connectivity index (χ2n) is 6.55. The highest BCUT2D eigenvalue weighted by Crippen LogP contribution is 2.30. The molecular formula is C22H14Cl2FN3O2. The van der Waals surface area contributed by atoms with Gasteiger partial charge in [0.2, 0.25) is 0 Å². The predicted octanol–water partition coefficient (Wildman–Crippen LogP) is 5.35. The maximum atomic E-state index is 13.2. The van der Waals surface area contributed by atoms with E-state index in [4.69, 9.17) is 23.2 Å². The third-order valence-electron chi connectivity index (χ3n) is 4.55. The summed E-state index contributed by atoms with van der Waals surface area (Å²) in [5.41, 5.74) is 1.73. The average molecular weight is 442 g/mol. The molecule has 0 saturated heterocycles. The van der Waals surface area contributed by atoms with Gasteiger partial charge in [-0.2, -0.15) is 0 Å². The number of hydrogen-bond acceptors (Lipinski definition) is 3. The van der Waals surface area contributed by atoms with Gasteiger partial charge in [-0.15, -0.1) is 0 Å². The minimum atomic E-state index is -0.866. The molecule has 150 valence electrons. The van der Waals surface area contributed by atoms with E-state index in [1.165, 1.54) is 12.1 Å². The maximum absolute atomic E-state index is 13.2. The summed E-state index contributed by atoms with van der Waals surface area (Å²) in [6.45, 7) is 0.360. The highest BCUT2D eigenvalue weighted by molar-refractivity contribution is 6.50. The van der Waals surface area contributed by atoms with Crippen LogP contribution in [0.3, 0.4) is 0 Å². The van der Waals surface area contributed by atoms with E-state index in [0.29, 0.717) is 17.6 Å². The number of fused-ring (bicyclic) bond motifs is 1. The fourth-order valence-electron chi connectivity index (χ4n) is 3.12. The number of aromatic nitrogens is 2. The Bertz CT molecular complexity index is 1250. The van der Waals surface area contributed by atoms with Gasteiger partial charge in [0.05, 0.1) is 21.3 Å². The molecule has 0 unspecified atom stereocenters. The number of carbonyl (C=O) groups excluding carboxylic acids is 2. The minimum Gasteiger partial charge on any atom is -0.327 e. The van der Waals surface area contributed by atoms with Crippen LogP contribution in [0.1, 0.15) is 15.9 Å². The van der Waals surface area contributed by atoms with Gasteiger partial charge in [0.15, 0.2) is 0 Å². The lowest BCUT2D eigenvalue weighted by molar-refractivity contribution is -0.112. The Labute approximate surface area is 181 Å². The number of rotatable bonds is 5. The fourth-order valence-corrected chi connectivity index (χ4v) is 3.61. The summed E-state index contributed by atoms with van der Waals surface area (Å²) in [5.74, 6) is -1.95. The van der Waals surface area contributed by atoms with Crippen molar-refractivity contribution in [2.24, 2.45) is 0 Å². The molecule has 4 aromatic rings. The van der Waals surface area contributed by atoms with Crippen LogP contribution >= 0.6 is 23.2 Å². The number of benzene rings is 2. The lowest BCUT2D eigenvalue weighted by Crippen LogP contribution is -2.23. The normalized spacial score (nSPS) is 10.9. The molecule has 1 N–H and O–H groups in total. The number of ketones is 1. The molecule has 0 aliphatic carbocycles. The molecule has 1 amide bonds. The standard InChI is InChI=1S/C22H14Cl2FN3O2/c23-17-4-1-5-18(24)19(17)27-22(30)20(29)16-12-28(21-15(16)3-2-10-26-21)11-13-6-8-14(25)9-7-13/h1-10,12H,11H2,(H,27,30). The Hall–Kier alpha value is -3.22. The zero-order valence-corrected chi connectivity index (χ0v) is 16.9. The first-order valence-corrected chi connectivity index (χ1v) is 9.67. The van der Waals surface area contributed by atoms with Crippen molar-refractivity contribution in [2.75, 3.05) is 5.32 Å². The summed E-state index contributed by atoms with van der Waals surface area (Å²) in [4.78, 5) is 29.9. The number of hydrogen-bond donors (Lipinski definition) is 1. The number of halogens is 3. The van der Waals surface area contributed by atoms with Crippen LogP contribution in [0.15, 0.2) is 67.0 Å². The average Bonchev–Trinajstić information content (AvgIpc) is 3.10. The number of anilines is 1. The lowest BCUT2D eigenvalue weighted by atomic mass is 10.1. The van der Waals surface area contributed by atoms with Crippen molar-refractivity contribution in [3.8, 4) is 0 Å². The molecule has 4 rings (SSSR count). The van der Waals surface area contributed by atoms with Crippen LogP contribution in [0, 0.1) is 5.82 Å². The van der Waals surface area contributed by atoms with Gasteiger partial charge in [0, 0.05) is 24.3 Å². The summed E-state index contributed by atoms with van der Waals surface area (Å²) in [6, 6.07) is 14.2. The van der Waals surface area contributed by atoms with E-state index in [2.05, 4.69) is 10.3 Å².